The highest BCUT2D eigenvalue weighted by Gasteiger charge is 1.98. The lowest BCUT2D eigenvalue weighted by Gasteiger charge is -2.10. The predicted octanol–water partition coefficient (Wildman–Crippen LogP) is 4.83. The van der Waals surface area contributed by atoms with E-state index in [-0.39, 0.29) is 0 Å². The van der Waals surface area contributed by atoms with Crippen LogP contribution in [0.5, 0.6) is 0 Å². The smallest absolute Gasteiger partial charge is 0.0612 e. The van der Waals surface area contributed by atoms with E-state index in [2.05, 4.69) is 35.8 Å². The Balaban J connectivity index is 1.79. The summed E-state index contributed by atoms with van der Waals surface area (Å²) >= 11 is 11.8. The maximum atomic E-state index is 5.95. The molecule has 0 aliphatic rings. The van der Waals surface area contributed by atoms with E-state index in [0.29, 0.717) is 10.0 Å². The Morgan fingerprint density at radius 2 is 1.53 bits per heavy atom. The number of hydrogen-bond acceptors (Lipinski definition) is 2. The van der Waals surface area contributed by atoms with Crippen molar-refractivity contribution in [2.24, 2.45) is 0 Å². The van der Waals surface area contributed by atoms with Gasteiger partial charge in [-0.1, -0.05) is 35.3 Å². The highest BCUT2D eigenvalue weighted by Crippen LogP contribution is 2.24. The first-order valence-electron chi connectivity index (χ1n) is 6.14. The number of anilines is 2. The van der Waals surface area contributed by atoms with E-state index >= 15 is 0 Å². The van der Waals surface area contributed by atoms with Crippen molar-refractivity contribution in [3.63, 3.8) is 0 Å². The third-order valence-corrected chi connectivity index (χ3v) is 3.46. The van der Waals surface area contributed by atoms with Crippen molar-refractivity contribution in [3.8, 4) is 0 Å². The third kappa shape index (κ3) is 4.34. The van der Waals surface area contributed by atoms with Crippen LogP contribution in [0.1, 0.15) is 5.56 Å². The topological polar surface area (TPSA) is 24.1 Å². The molecule has 0 bridgehead atoms. The molecule has 0 saturated carbocycles. The van der Waals surface area contributed by atoms with E-state index in [0.717, 1.165) is 24.5 Å². The van der Waals surface area contributed by atoms with Crippen molar-refractivity contribution in [3.05, 3.63) is 58.1 Å². The second-order valence-electron chi connectivity index (χ2n) is 4.35. The highest BCUT2D eigenvalue weighted by atomic mass is 35.5. The van der Waals surface area contributed by atoms with Gasteiger partial charge in [0, 0.05) is 24.5 Å². The van der Waals surface area contributed by atoms with E-state index in [1.54, 1.807) is 6.07 Å². The first-order valence-corrected chi connectivity index (χ1v) is 6.90. The minimum absolute atomic E-state index is 0.568. The monoisotopic (exact) mass is 294 g/mol. The van der Waals surface area contributed by atoms with Crippen LogP contribution in [0.2, 0.25) is 10.0 Å². The van der Waals surface area contributed by atoms with Crippen LogP contribution in [0.15, 0.2) is 42.5 Å². The maximum Gasteiger partial charge on any atom is 0.0612 e. The van der Waals surface area contributed by atoms with E-state index in [1.807, 2.05) is 18.2 Å². The standard InChI is InChI=1S/C15H16Cl2N2/c1-11-3-2-4-12(9-11)18-7-8-19-13-5-6-14(16)15(17)10-13/h2-6,9-10,18-19H,7-8H2,1H3. The fourth-order valence-corrected chi connectivity index (χ4v) is 2.07. The van der Waals surface area contributed by atoms with Crippen molar-refractivity contribution in [2.45, 2.75) is 6.92 Å². The lowest BCUT2D eigenvalue weighted by atomic mass is 10.2. The van der Waals surface area contributed by atoms with Gasteiger partial charge < -0.3 is 10.6 Å². The van der Waals surface area contributed by atoms with E-state index in [1.165, 1.54) is 5.56 Å². The zero-order valence-corrected chi connectivity index (χ0v) is 12.2. The van der Waals surface area contributed by atoms with Crippen LogP contribution in [-0.4, -0.2) is 13.1 Å². The second kappa shape index (κ2) is 6.69. The van der Waals surface area contributed by atoms with E-state index in [9.17, 15) is 0 Å². The van der Waals surface area contributed by atoms with Gasteiger partial charge in [-0.15, -0.1) is 0 Å². The summed E-state index contributed by atoms with van der Waals surface area (Å²) in [6.45, 7) is 3.73. The molecule has 0 aromatic heterocycles. The van der Waals surface area contributed by atoms with Crippen LogP contribution in [0.3, 0.4) is 0 Å². The minimum Gasteiger partial charge on any atom is -0.383 e. The summed E-state index contributed by atoms with van der Waals surface area (Å²) in [6, 6.07) is 13.9. The predicted molar refractivity (Wildman–Crippen MR) is 84.6 cm³/mol. The quantitative estimate of drug-likeness (QED) is 0.772. The molecule has 2 nitrogen and oxygen atoms in total. The molecule has 2 rings (SSSR count). The largest absolute Gasteiger partial charge is 0.383 e. The van der Waals surface area contributed by atoms with Crippen molar-refractivity contribution in [1.82, 2.24) is 0 Å². The van der Waals surface area contributed by atoms with Crippen LogP contribution in [0.25, 0.3) is 0 Å². The van der Waals surface area contributed by atoms with Crippen LogP contribution in [0, 0.1) is 6.92 Å². The number of aryl methyl sites for hydroxylation is 1. The van der Waals surface area contributed by atoms with Crippen LogP contribution in [0.4, 0.5) is 11.4 Å². The van der Waals surface area contributed by atoms with Crippen molar-refractivity contribution >= 4 is 34.6 Å². The molecule has 2 N–H and O–H groups in total. The molecular formula is C15H16Cl2N2. The molecule has 0 spiro atoms. The summed E-state index contributed by atoms with van der Waals surface area (Å²) in [6.07, 6.45) is 0. The molecule has 0 radical (unpaired) electrons. The van der Waals surface area contributed by atoms with Crippen LogP contribution in [-0.2, 0) is 0 Å². The van der Waals surface area contributed by atoms with Gasteiger partial charge in [0.25, 0.3) is 0 Å². The summed E-state index contributed by atoms with van der Waals surface area (Å²) in [5.41, 5.74) is 3.36. The Labute approximate surface area is 123 Å². The third-order valence-electron chi connectivity index (χ3n) is 2.72. The van der Waals surface area contributed by atoms with Crippen molar-refractivity contribution in [1.29, 1.82) is 0 Å². The summed E-state index contributed by atoms with van der Waals surface area (Å²) in [7, 11) is 0. The molecule has 0 unspecified atom stereocenters. The van der Waals surface area contributed by atoms with Gasteiger partial charge in [-0.05, 0) is 42.8 Å². The van der Waals surface area contributed by atoms with E-state index in [4.69, 9.17) is 23.2 Å². The molecule has 0 fully saturated rings. The Morgan fingerprint density at radius 3 is 2.16 bits per heavy atom. The second-order valence-corrected chi connectivity index (χ2v) is 5.17. The molecule has 0 saturated heterocycles. The SMILES string of the molecule is Cc1cccc(NCCNc2ccc(Cl)c(Cl)c2)c1. The Morgan fingerprint density at radius 1 is 0.842 bits per heavy atom. The molecule has 0 amide bonds. The highest BCUT2D eigenvalue weighted by molar-refractivity contribution is 6.42. The first kappa shape index (κ1) is 14.0. The van der Waals surface area contributed by atoms with Crippen LogP contribution < -0.4 is 10.6 Å². The van der Waals surface area contributed by atoms with Gasteiger partial charge in [-0.25, -0.2) is 0 Å². The Hall–Kier alpha value is -1.38. The summed E-state index contributed by atoms with van der Waals surface area (Å²) in [4.78, 5) is 0. The van der Waals surface area contributed by atoms with Gasteiger partial charge in [0.15, 0.2) is 0 Å². The average Bonchev–Trinajstić information content (AvgIpc) is 2.39. The number of halogens is 2. The lowest BCUT2D eigenvalue weighted by Crippen LogP contribution is -2.13. The molecule has 4 heteroatoms. The lowest BCUT2D eigenvalue weighted by molar-refractivity contribution is 1.08. The number of benzene rings is 2. The van der Waals surface area contributed by atoms with Gasteiger partial charge in [0.1, 0.15) is 0 Å². The summed E-state index contributed by atoms with van der Waals surface area (Å²) in [5.74, 6) is 0. The normalized spacial score (nSPS) is 10.3. The van der Waals surface area contributed by atoms with Crippen LogP contribution >= 0.6 is 23.2 Å². The van der Waals surface area contributed by atoms with E-state index < -0.39 is 0 Å². The molecule has 2 aromatic carbocycles. The molecule has 19 heavy (non-hydrogen) atoms. The number of nitrogens with one attached hydrogen (secondary N) is 2. The molecule has 0 atom stereocenters. The maximum absolute atomic E-state index is 5.95. The first-order chi connectivity index (χ1) is 9.15. The molecule has 100 valence electrons. The Bertz CT molecular complexity index is 556. The van der Waals surface area contributed by atoms with Gasteiger partial charge in [0.05, 0.1) is 10.0 Å². The summed E-state index contributed by atoms with van der Waals surface area (Å²) in [5, 5.41) is 7.79. The van der Waals surface area contributed by atoms with Gasteiger partial charge >= 0.3 is 0 Å². The zero-order valence-electron chi connectivity index (χ0n) is 10.7. The molecule has 0 heterocycles. The average molecular weight is 295 g/mol. The fourth-order valence-electron chi connectivity index (χ4n) is 1.77. The number of hydrogen-bond donors (Lipinski definition) is 2. The number of rotatable bonds is 5. The molecule has 0 aliphatic carbocycles. The van der Waals surface area contributed by atoms with Crippen molar-refractivity contribution < 1.29 is 0 Å². The molecular weight excluding hydrogens is 279 g/mol. The van der Waals surface area contributed by atoms with Crippen molar-refractivity contribution in [2.75, 3.05) is 23.7 Å². The van der Waals surface area contributed by atoms with Gasteiger partial charge in [-0.3, -0.25) is 0 Å². The molecule has 2 aromatic rings. The van der Waals surface area contributed by atoms with Gasteiger partial charge in [0.2, 0.25) is 0 Å². The summed E-state index contributed by atoms with van der Waals surface area (Å²) < 4.78 is 0. The fraction of sp³-hybridized carbons (Fsp3) is 0.200. The minimum atomic E-state index is 0.568. The van der Waals surface area contributed by atoms with Gasteiger partial charge in [-0.2, -0.15) is 0 Å². The molecule has 0 aliphatic heterocycles. The zero-order chi connectivity index (χ0) is 13.7. The Kier molecular flexibility index (Phi) is 4.94.